The van der Waals surface area contributed by atoms with E-state index in [0.717, 1.165) is 11.8 Å². The molecule has 0 aromatic heterocycles. The Morgan fingerprint density at radius 1 is 0.636 bits per heavy atom. The van der Waals surface area contributed by atoms with Crippen LogP contribution in [0.15, 0.2) is 0 Å². The van der Waals surface area contributed by atoms with Crippen molar-refractivity contribution in [2.45, 2.75) is 78.7 Å². The normalized spacial score (nSPS) is 12.0. The first-order valence-electron chi connectivity index (χ1n) is 9.24. The SMILES string of the molecule is CCCCCCCCCSCC[Si](OCC)(OCC)OCC. The van der Waals surface area contributed by atoms with Gasteiger partial charge in [0.1, 0.15) is 0 Å². The van der Waals surface area contributed by atoms with Crippen LogP contribution in [0.5, 0.6) is 0 Å². The highest BCUT2D eigenvalue weighted by Gasteiger charge is 2.39. The third-order valence-corrected chi connectivity index (χ3v) is 8.02. The molecule has 0 aromatic rings. The molecular weight excluding hydrogens is 312 g/mol. The van der Waals surface area contributed by atoms with Crippen LogP contribution in [0.4, 0.5) is 0 Å². The molecule has 0 fully saturated rings. The van der Waals surface area contributed by atoms with Crippen molar-refractivity contribution in [1.29, 1.82) is 0 Å². The molecule has 0 N–H and O–H groups in total. The number of hydrogen-bond acceptors (Lipinski definition) is 4. The van der Waals surface area contributed by atoms with Gasteiger partial charge in [-0.2, -0.15) is 11.8 Å². The summed E-state index contributed by atoms with van der Waals surface area (Å²) >= 11 is 2.02. The monoisotopic (exact) mass is 350 g/mol. The van der Waals surface area contributed by atoms with Gasteiger partial charge in [-0.25, -0.2) is 0 Å². The van der Waals surface area contributed by atoms with Gasteiger partial charge in [0.05, 0.1) is 0 Å². The van der Waals surface area contributed by atoms with Gasteiger partial charge < -0.3 is 13.3 Å². The molecule has 0 bridgehead atoms. The second kappa shape index (κ2) is 16.3. The second-order valence-electron chi connectivity index (χ2n) is 5.47. The zero-order valence-electron chi connectivity index (χ0n) is 15.3. The van der Waals surface area contributed by atoms with Gasteiger partial charge in [0.15, 0.2) is 0 Å². The summed E-state index contributed by atoms with van der Waals surface area (Å²) in [6.45, 7) is 10.4. The maximum Gasteiger partial charge on any atom is 0.501 e. The van der Waals surface area contributed by atoms with E-state index in [9.17, 15) is 0 Å². The van der Waals surface area contributed by atoms with Crippen molar-refractivity contribution in [3.63, 3.8) is 0 Å². The molecule has 0 saturated heterocycles. The van der Waals surface area contributed by atoms with Crippen LogP contribution < -0.4 is 0 Å². The standard InChI is InChI=1S/C17H38O3SSi/c1-5-9-10-11-12-13-14-15-21-16-17-22(18-6-2,19-7-3)20-8-4/h5-17H2,1-4H3. The van der Waals surface area contributed by atoms with E-state index in [2.05, 4.69) is 6.92 Å². The smallest absolute Gasteiger partial charge is 0.374 e. The first-order valence-corrected chi connectivity index (χ1v) is 12.3. The Morgan fingerprint density at radius 2 is 1.14 bits per heavy atom. The first-order chi connectivity index (χ1) is 10.7. The quantitative estimate of drug-likeness (QED) is 0.255. The Kier molecular flexibility index (Phi) is 16.6. The number of rotatable bonds is 17. The van der Waals surface area contributed by atoms with Gasteiger partial charge in [-0.1, -0.05) is 45.4 Å². The largest absolute Gasteiger partial charge is 0.501 e. The summed E-state index contributed by atoms with van der Waals surface area (Å²) in [6.07, 6.45) is 9.66. The topological polar surface area (TPSA) is 27.7 Å². The Labute approximate surface area is 144 Å². The fraction of sp³-hybridized carbons (Fsp3) is 1.00. The summed E-state index contributed by atoms with van der Waals surface area (Å²) in [7, 11) is -2.41. The maximum absolute atomic E-state index is 5.87. The fourth-order valence-electron chi connectivity index (χ4n) is 2.46. The first kappa shape index (κ1) is 22.4. The summed E-state index contributed by atoms with van der Waals surface area (Å²) in [6, 6.07) is 0.934. The van der Waals surface area contributed by atoms with E-state index in [-0.39, 0.29) is 0 Å². The Morgan fingerprint density at radius 3 is 1.64 bits per heavy atom. The molecule has 0 unspecified atom stereocenters. The minimum Gasteiger partial charge on any atom is -0.374 e. The molecule has 0 atom stereocenters. The highest BCUT2D eigenvalue weighted by Crippen LogP contribution is 2.20. The van der Waals surface area contributed by atoms with Crippen LogP contribution in [0.3, 0.4) is 0 Å². The maximum atomic E-state index is 5.87. The predicted molar refractivity (Wildman–Crippen MR) is 101 cm³/mol. The van der Waals surface area contributed by atoms with Crippen molar-refractivity contribution in [3.8, 4) is 0 Å². The lowest BCUT2D eigenvalue weighted by Crippen LogP contribution is -2.46. The van der Waals surface area contributed by atoms with E-state index in [4.69, 9.17) is 13.3 Å². The third kappa shape index (κ3) is 11.9. The Hall–Kier alpha value is 0.447. The Balaban J connectivity index is 3.70. The predicted octanol–water partition coefficient (Wildman–Crippen LogP) is 5.52. The van der Waals surface area contributed by atoms with E-state index in [1.807, 2.05) is 32.5 Å². The lowest BCUT2D eigenvalue weighted by molar-refractivity contribution is 0.0728. The van der Waals surface area contributed by atoms with Gasteiger partial charge in [0.2, 0.25) is 0 Å². The van der Waals surface area contributed by atoms with E-state index >= 15 is 0 Å². The molecule has 0 heterocycles. The average molecular weight is 351 g/mol. The zero-order valence-corrected chi connectivity index (χ0v) is 17.1. The molecule has 0 spiro atoms. The minimum atomic E-state index is -2.41. The van der Waals surface area contributed by atoms with Crippen molar-refractivity contribution in [2.24, 2.45) is 0 Å². The molecule has 0 aliphatic carbocycles. The van der Waals surface area contributed by atoms with E-state index < -0.39 is 8.80 Å². The number of hydrogen-bond donors (Lipinski definition) is 0. The van der Waals surface area contributed by atoms with Crippen molar-refractivity contribution in [3.05, 3.63) is 0 Å². The lowest BCUT2D eigenvalue weighted by Gasteiger charge is -2.28. The minimum absolute atomic E-state index is 0.675. The van der Waals surface area contributed by atoms with Crippen LogP contribution in [0.1, 0.15) is 72.6 Å². The number of unbranched alkanes of at least 4 members (excludes halogenated alkanes) is 6. The molecule has 0 aliphatic rings. The molecule has 134 valence electrons. The highest BCUT2D eigenvalue weighted by atomic mass is 32.2. The van der Waals surface area contributed by atoms with Crippen LogP contribution >= 0.6 is 11.8 Å². The van der Waals surface area contributed by atoms with Crippen LogP contribution in [0, 0.1) is 0 Å². The molecule has 0 rings (SSSR count). The Bertz CT molecular complexity index is 213. The summed E-state index contributed by atoms with van der Waals surface area (Å²) in [5.74, 6) is 2.34. The van der Waals surface area contributed by atoms with Crippen LogP contribution in [0.2, 0.25) is 6.04 Å². The molecular formula is C17H38O3SSi. The van der Waals surface area contributed by atoms with E-state index in [0.29, 0.717) is 19.8 Å². The van der Waals surface area contributed by atoms with Gasteiger partial charge in [0, 0.05) is 25.9 Å². The molecule has 22 heavy (non-hydrogen) atoms. The zero-order chi connectivity index (χ0) is 16.5. The molecule has 3 nitrogen and oxygen atoms in total. The highest BCUT2D eigenvalue weighted by molar-refractivity contribution is 7.99. The van der Waals surface area contributed by atoms with Crippen molar-refractivity contribution < 1.29 is 13.3 Å². The summed E-state index contributed by atoms with van der Waals surface area (Å²) in [5, 5.41) is 0. The summed E-state index contributed by atoms with van der Waals surface area (Å²) < 4.78 is 17.6. The summed E-state index contributed by atoms with van der Waals surface area (Å²) in [4.78, 5) is 0. The van der Waals surface area contributed by atoms with Crippen LogP contribution in [-0.2, 0) is 13.3 Å². The second-order valence-corrected chi connectivity index (χ2v) is 9.42. The van der Waals surface area contributed by atoms with Crippen LogP contribution in [-0.4, -0.2) is 40.1 Å². The van der Waals surface area contributed by atoms with Crippen LogP contribution in [0.25, 0.3) is 0 Å². The van der Waals surface area contributed by atoms with Crippen molar-refractivity contribution in [1.82, 2.24) is 0 Å². The summed E-state index contributed by atoms with van der Waals surface area (Å²) in [5.41, 5.74) is 0. The van der Waals surface area contributed by atoms with E-state index in [1.54, 1.807) is 0 Å². The third-order valence-electron chi connectivity index (χ3n) is 3.54. The molecule has 0 aromatic carbocycles. The van der Waals surface area contributed by atoms with Gasteiger partial charge in [-0.3, -0.25) is 0 Å². The van der Waals surface area contributed by atoms with Crippen molar-refractivity contribution in [2.75, 3.05) is 31.3 Å². The number of thioether (sulfide) groups is 1. The molecule has 0 saturated carbocycles. The molecule has 0 radical (unpaired) electrons. The van der Waals surface area contributed by atoms with Gasteiger partial charge in [-0.15, -0.1) is 0 Å². The van der Waals surface area contributed by atoms with Gasteiger partial charge in [-0.05, 0) is 38.7 Å². The molecule has 0 amide bonds. The van der Waals surface area contributed by atoms with Crippen molar-refractivity contribution >= 4 is 20.6 Å². The lowest BCUT2D eigenvalue weighted by atomic mass is 10.1. The van der Waals surface area contributed by atoms with Gasteiger partial charge >= 0.3 is 8.80 Å². The molecule has 5 heteroatoms. The fourth-order valence-corrected chi connectivity index (χ4v) is 6.65. The van der Waals surface area contributed by atoms with E-state index in [1.165, 1.54) is 50.7 Å². The molecule has 0 aliphatic heterocycles. The average Bonchev–Trinajstić information content (AvgIpc) is 2.50. The van der Waals surface area contributed by atoms with Gasteiger partial charge in [0.25, 0.3) is 0 Å².